The van der Waals surface area contributed by atoms with E-state index in [4.69, 9.17) is 4.74 Å². The van der Waals surface area contributed by atoms with E-state index in [1.54, 1.807) is 17.8 Å². The van der Waals surface area contributed by atoms with Gasteiger partial charge in [0.2, 0.25) is 0 Å². The molecule has 0 aromatic heterocycles. The molecule has 1 N–H and O–H groups in total. The highest BCUT2D eigenvalue weighted by molar-refractivity contribution is 7.98. The smallest absolute Gasteiger partial charge is 0.275 e. The minimum Gasteiger partial charge on any atom is -0.496 e. The van der Waals surface area contributed by atoms with Gasteiger partial charge in [0.15, 0.2) is 0 Å². The van der Waals surface area contributed by atoms with Gasteiger partial charge in [-0.3, -0.25) is 10.1 Å². The fourth-order valence-corrected chi connectivity index (χ4v) is 2.05. The molecule has 1 unspecified atom stereocenters. The summed E-state index contributed by atoms with van der Waals surface area (Å²) in [5.41, 5.74) is 0.737. The molecule has 0 aliphatic heterocycles. The van der Waals surface area contributed by atoms with Gasteiger partial charge < -0.3 is 10.1 Å². The number of benzene rings is 1. The minimum atomic E-state index is -0.424. The Bertz CT molecular complexity index is 398. The van der Waals surface area contributed by atoms with Crippen molar-refractivity contribution in [2.24, 2.45) is 0 Å². The zero-order valence-corrected chi connectivity index (χ0v) is 10.9. The molecule has 0 aliphatic carbocycles. The second-order valence-electron chi connectivity index (χ2n) is 3.68. The monoisotopic (exact) mass is 256 g/mol. The molecule has 1 aromatic rings. The van der Waals surface area contributed by atoms with Crippen molar-refractivity contribution in [1.82, 2.24) is 0 Å². The topological polar surface area (TPSA) is 64.4 Å². The van der Waals surface area contributed by atoms with Crippen molar-refractivity contribution < 1.29 is 9.66 Å². The average molecular weight is 256 g/mol. The molecule has 0 spiro atoms. The lowest BCUT2D eigenvalue weighted by atomic mass is 10.2. The van der Waals surface area contributed by atoms with E-state index in [9.17, 15) is 10.1 Å². The molecular formula is C11H16N2O3S. The Labute approximate surface area is 105 Å². The molecule has 17 heavy (non-hydrogen) atoms. The molecule has 1 atom stereocenters. The third-order valence-corrected chi connectivity index (χ3v) is 3.00. The van der Waals surface area contributed by atoms with Gasteiger partial charge in [-0.05, 0) is 13.2 Å². The second-order valence-corrected chi connectivity index (χ2v) is 4.59. The van der Waals surface area contributed by atoms with Crippen molar-refractivity contribution in [1.29, 1.82) is 0 Å². The van der Waals surface area contributed by atoms with E-state index >= 15 is 0 Å². The summed E-state index contributed by atoms with van der Waals surface area (Å²) in [6, 6.07) is 4.92. The molecule has 0 amide bonds. The SMILES string of the molecule is COc1cc(NC(C)CSC)cc([N+](=O)[O-])c1. The van der Waals surface area contributed by atoms with Gasteiger partial charge in [0.1, 0.15) is 5.75 Å². The number of nitrogens with one attached hydrogen (secondary N) is 1. The van der Waals surface area contributed by atoms with Gasteiger partial charge >= 0.3 is 0 Å². The van der Waals surface area contributed by atoms with Crippen LogP contribution in [0.2, 0.25) is 0 Å². The lowest BCUT2D eigenvalue weighted by Gasteiger charge is -2.14. The minimum absolute atomic E-state index is 0.0307. The number of thioether (sulfide) groups is 1. The fraction of sp³-hybridized carbons (Fsp3) is 0.455. The summed E-state index contributed by atoms with van der Waals surface area (Å²) in [6.45, 7) is 2.03. The molecule has 0 bridgehead atoms. The Morgan fingerprint density at radius 1 is 1.53 bits per heavy atom. The van der Waals surface area contributed by atoms with E-state index in [-0.39, 0.29) is 11.7 Å². The standard InChI is InChI=1S/C11H16N2O3S/c1-8(7-17-3)12-9-4-10(13(14)15)6-11(5-9)16-2/h4-6,8,12H,7H2,1-3H3. The van der Waals surface area contributed by atoms with Gasteiger partial charge in [0, 0.05) is 29.6 Å². The van der Waals surface area contributed by atoms with Crippen LogP contribution in [0.15, 0.2) is 18.2 Å². The molecule has 5 nitrogen and oxygen atoms in total. The first kappa shape index (κ1) is 13.6. The lowest BCUT2D eigenvalue weighted by Crippen LogP contribution is -2.17. The second kappa shape index (κ2) is 6.34. The molecule has 1 rings (SSSR count). The summed E-state index contributed by atoms with van der Waals surface area (Å²) in [7, 11) is 1.49. The quantitative estimate of drug-likeness (QED) is 0.626. The predicted octanol–water partition coefficient (Wildman–Crippen LogP) is 2.77. The van der Waals surface area contributed by atoms with Gasteiger partial charge in [-0.2, -0.15) is 11.8 Å². The molecule has 0 radical (unpaired) electrons. The van der Waals surface area contributed by atoms with Crippen LogP contribution in [0, 0.1) is 10.1 Å². The number of methoxy groups -OCH3 is 1. The van der Waals surface area contributed by atoms with Crippen molar-refractivity contribution >= 4 is 23.1 Å². The molecule has 0 aliphatic rings. The third kappa shape index (κ3) is 4.14. The lowest BCUT2D eigenvalue weighted by molar-refractivity contribution is -0.384. The molecule has 0 saturated heterocycles. The third-order valence-electron chi connectivity index (χ3n) is 2.17. The Morgan fingerprint density at radius 2 is 2.24 bits per heavy atom. The summed E-state index contributed by atoms with van der Waals surface area (Å²) in [6.07, 6.45) is 2.02. The Balaban J connectivity index is 2.90. The highest BCUT2D eigenvalue weighted by Gasteiger charge is 2.11. The van der Waals surface area contributed by atoms with Crippen molar-refractivity contribution in [3.8, 4) is 5.75 Å². The average Bonchev–Trinajstić information content (AvgIpc) is 2.28. The highest BCUT2D eigenvalue weighted by Crippen LogP contribution is 2.26. The van der Waals surface area contributed by atoms with E-state index in [0.29, 0.717) is 11.4 Å². The number of hydrogen-bond acceptors (Lipinski definition) is 5. The van der Waals surface area contributed by atoms with Gasteiger partial charge in [-0.25, -0.2) is 0 Å². The van der Waals surface area contributed by atoms with E-state index in [2.05, 4.69) is 5.32 Å². The summed E-state index contributed by atoms with van der Waals surface area (Å²) in [5, 5.41) is 14.0. The van der Waals surface area contributed by atoms with Crippen molar-refractivity contribution in [3.63, 3.8) is 0 Å². The largest absolute Gasteiger partial charge is 0.496 e. The van der Waals surface area contributed by atoms with Gasteiger partial charge in [0.05, 0.1) is 18.1 Å². The molecule has 0 saturated carbocycles. The summed E-state index contributed by atoms with van der Waals surface area (Å²) < 4.78 is 5.04. The number of non-ortho nitro benzene ring substituents is 1. The number of nitrogens with zero attached hydrogens (tertiary/aromatic N) is 1. The summed E-state index contributed by atoms with van der Waals surface area (Å²) in [4.78, 5) is 10.3. The Hall–Kier alpha value is -1.43. The molecule has 6 heteroatoms. The first-order valence-electron chi connectivity index (χ1n) is 5.15. The van der Waals surface area contributed by atoms with E-state index in [0.717, 1.165) is 5.75 Å². The van der Waals surface area contributed by atoms with Crippen molar-refractivity contribution in [3.05, 3.63) is 28.3 Å². The first-order chi connectivity index (χ1) is 8.06. The molecular weight excluding hydrogens is 240 g/mol. The number of nitro groups is 1. The molecule has 0 heterocycles. The van der Waals surface area contributed by atoms with Crippen LogP contribution < -0.4 is 10.1 Å². The molecule has 94 valence electrons. The zero-order valence-electron chi connectivity index (χ0n) is 10.1. The number of rotatable bonds is 6. The fourth-order valence-electron chi connectivity index (χ4n) is 1.47. The van der Waals surface area contributed by atoms with Gasteiger partial charge in [-0.15, -0.1) is 0 Å². The van der Waals surface area contributed by atoms with Crippen LogP contribution in [0.5, 0.6) is 5.75 Å². The van der Waals surface area contributed by atoms with E-state index < -0.39 is 4.92 Å². The van der Waals surface area contributed by atoms with Crippen molar-refractivity contribution in [2.45, 2.75) is 13.0 Å². The molecule has 1 aromatic carbocycles. The number of anilines is 1. The first-order valence-corrected chi connectivity index (χ1v) is 6.55. The summed E-state index contributed by atoms with van der Waals surface area (Å²) >= 11 is 1.72. The highest BCUT2D eigenvalue weighted by atomic mass is 32.2. The van der Waals surface area contributed by atoms with Gasteiger partial charge in [-0.1, -0.05) is 0 Å². The van der Waals surface area contributed by atoms with Crippen LogP contribution in [0.3, 0.4) is 0 Å². The van der Waals surface area contributed by atoms with Crippen LogP contribution in [-0.2, 0) is 0 Å². The maximum Gasteiger partial charge on any atom is 0.275 e. The number of hydrogen-bond donors (Lipinski definition) is 1. The predicted molar refractivity (Wildman–Crippen MR) is 71.1 cm³/mol. The van der Waals surface area contributed by atoms with Crippen LogP contribution >= 0.6 is 11.8 Å². The van der Waals surface area contributed by atoms with Crippen LogP contribution in [0.1, 0.15) is 6.92 Å². The van der Waals surface area contributed by atoms with Crippen LogP contribution in [0.25, 0.3) is 0 Å². The van der Waals surface area contributed by atoms with Gasteiger partial charge in [0.25, 0.3) is 5.69 Å². The van der Waals surface area contributed by atoms with Crippen molar-refractivity contribution in [2.75, 3.05) is 24.4 Å². The number of ether oxygens (including phenoxy) is 1. The maximum absolute atomic E-state index is 10.8. The maximum atomic E-state index is 10.8. The van der Waals surface area contributed by atoms with E-state index in [1.807, 2.05) is 13.2 Å². The Morgan fingerprint density at radius 3 is 2.76 bits per heavy atom. The summed E-state index contributed by atoms with van der Waals surface area (Å²) in [5.74, 6) is 1.42. The normalized spacial score (nSPS) is 11.9. The van der Waals surface area contributed by atoms with E-state index in [1.165, 1.54) is 19.2 Å². The molecule has 0 fully saturated rings. The zero-order chi connectivity index (χ0) is 12.8. The number of nitro benzene ring substituents is 1. The Kier molecular flexibility index (Phi) is 5.09. The van der Waals surface area contributed by atoms with Crippen LogP contribution in [0.4, 0.5) is 11.4 Å². The van der Waals surface area contributed by atoms with Crippen LogP contribution in [-0.4, -0.2) is 30.1 Å².